The van der Waals surface area contributed by atoms with Gasteiger partial charge in [0.1, 0.15) is 5.82 Å². The number of anilines is 1. The molecule has 80 valence electrons. The molecule has 4 N–H and O–H groups in total. The highest BCUT2D eigenvalue weighted by molar-refractivity contribution is 5.94. The lowest BCUT2D eigenvalue weighted by Gasteiger charge is -2.02. The second-order valence-corrected chi connectivity index (χ2v) is 2.70. The summed E-state index contributed by atoms with van der Waals surface area (Å²) < 4.78 is 0. The number of aromatic nitrogens is 2. The van der Waals surface area contributed by atoms with E-state index in [2.05, 4.69) is 20.8 Å². The van der Waals surface area contributed by atoms with Crippen molar-refractivity contribution in [1.82, 2.24) is 20.8 Å². The van der Waals surface area contributed by atoms with Crippen LogP contribution < -0.4 is 16.4 Å². The predicted octanol–water partition coefficient (Wildman–Crippen LogP) is -1.47. The Hall–Kier alpha value is -2.18. The average Bonchev–Trinajstić information content (AvgIpc) is 2.26. The number of nitrogens with two attached hydrogens (primary N) is 1. The highest BCUT2D eigenvalue weighted by Crippen LogP contribution is 1.96. The lowest BCUT2D eigenvalue weighted by molar-refractivity contribution is -0.119. The number of carbonyl (C=O) groups is 2. The van der Waals surface area contributed by atoms with E-state index in [0.717, 1.165) is 0 Å². The van der Waals surface area contributed by atoms with E-state index in [1.807, 2.05) is 0 Å². The van der Waals surface area contributed by atoms with Crippen LogP contribution in [0.1, 0.15) is 10.5 Å². The van der Waals surface area contributed by atoms with Gasteiger partial charge in [-0.2, -0.15) is 0 Å². The van der Waals surface area contributed by atoms with Gasteiger partial charge in [-0.1, -0.05) is 0 Å². The van der Waals surface area contributed by atoms with E-state index in [0.29, 0.717) is 0 Å². The van der Waals surface area contributed by atoms with Crippen molar-refractivity contribution in [3.8, 4) is 0 Å². The number of carbonyl (C=O) groups excluding carboxylic acids is 2. The Morgan fingerprint density at radius 2 is 2.13 bits per heavy atom. The van der Waals surface area contributed by atoms with Crippen LogP contribution in [0.2, 0.25) is 0 Å². The van der Waals surface area contributed by atoms with Crippen LogP contribution in [0.4, 0.5) is 5.82 Å². The van der Waals surface area contributed by atoms with Crippen molar-refractivity contribution in [2.24, 2.45) is 0 Å². The van der Waals surface area contributed by atoms with Gasteiger partial charge < -0.3 is 16.4 Å². The van der Waals surface area contributed by atoms with Crippen LogP contribution in [0.25, 0.3) is 0 Å². The van der Waals surface area contributed by atoms with Gasteiger partial charge in [0.15, 0.2) is 5.69 Å². The van der Waals surface area contributed by atoms with Gasteiger partial charge in [-0.25, -0.2) is 0 Å². The summed E-state index contributed by atoms with van der Waals surface area (Å²) in [5.41, 5.74) is 5.42. The van der Waals surface area contributed by atoms with E-state index in [1.54, 1.807) is 0 Å². The van der Waals surface area contributed by atoms with Gasteiger partial charge in [0.05, 0.1) is 6.54 Å². The SMILES string of the molecule is CNC(=O)CNC(=O)c1ccc(N)nn1. The molecule has 1 aromatic heterocycles. The molecule has 0 saturated carbocycles. The molecular formula is C8H11N5O2. The summed E-state index contributed by atoms with van der Waals surface area (Å²) in [5, 5.41) is 11.8. The molecule has 0 atom stereocenters. The lowest BCUT2D eigenvalue weighted by Crippen LogP contribution is -2.35. The summed E-state index contributed by atoms with van der Waals surface area (Å²) in [6.07, 6.45) is 0. The summed E-state index contributed by atoms with van der Waals surface area (Å²) in [6, 6.07) is 2.89. The number of likely N-dealkylation sites (N-methyl/N-ethyl adjacent to an activating group) is 1. The molecule has 0 spiro atoms. The van der Waals surface area contributed by atoms with Gasteiger partial charge >= 0.3 is 0 Å². The maximum atomic E-state index is 11.3. The molecule has 7 nitrogen and oxygen atoms in total. The van der Waals surface area contributed by atoms with E-state index < -0.39 is 5.91 Å². The van der Waals surface area contributed by atoms with Crippen LogP contribution in [-0.2, 0) is 4.79 Å². The fourth-order valence-electron chi connectivity index (χ4n) is 0.803. The Morgan fingerprint density at radius 1 is 1.40 bits per heavy atom. The monoisotopic (exact) mass is 209 g/mol. The van der Waals surface area contributed by atoms with Crippen molar-refractivity contribution in [2.45, 2.75) is 0 Å². The fourth-order valence-corrected chi connectivity index (χ4v) is 0.803. The zero-order valence-corrected chi connectivity index (χ0v) is 8.15. The van der Waals surface area contributed by atoms with Gasteiger partial charge in [-0.15, -0.1) is 10.2 Å². The minimum atomic E-state index is -0.467. The number of rotatable bonds is 3. The van der Waals surface area contributed by atoms with Gasteiger partial charge in [0.25, 0.3) is 5.91 Å². The van der Waals surface area contributed by atoms with E-state index in [4.69, 9.17) is 5.73 Å². The first-order valence-electron chi connectivity index (χ1n) is 4.21. The molecule has 0 bridgehead atoms. The molecule has 7 heteroatoms. The summed E-state index contributed by atoms with van der Waals surface area (Å²) >= 11 is 0. The molecule has 2 amide bonds. The van der Waals surface area contributed by atoms with Crippen LogP contribution in [-0.4, -0.2) is 35.6 Å². The third kappa shape index (κ3) is 3.22. The highest BCUT2D eigenvalue weighted by Gasteiger charge is 2.08. The highest BCUT2D eigenvalue weighted by atomic mass is 16.2. The zero-order valence-electron chi connectivity index (χ0n) is 8.15. The maximum absolute atomic E-state index is 11.3. The van der Waals surface area contributed by atoms with Crippen LogP contribution in [0.5, 0.6) is 0 Å². The van der Waals surface area contributed by atoms with Gasteiger partial charge in [0.2, 0.25) is 5.91 Å². The Labute approximate surface area is 86.1 Å². The van der Waals surface area contributed by atoms with Gasteiger partial charge in [0, 0.05) is 7.05 Å². The lowest BCUT2D eigenvalue weighted by atomic mass is 10.3. The molecule has 0 aliphatic rings. The zero-order chi connectivity index (χ0) is 11.3. The van der Waals surface area contributed by atoms with E-state index in [1.165, 1.54) is 19.2 Å². The van der Waals surface area contributed by atoms with Crippen molar-refractivity contribution >= 4 is 17.6 Å². The van der Waals surface area contributed by atoms with Crippen molar-refractivity contribution in [1.29, 1.82) is 0 Å². The molecule has 0 saturated heterocycles. The Balaban J connectivity index is 2.54. The minimum absolute atomic E-state index is 0.0958. The molecule has 0 fully saturated rings. The summed E-state index contributed by atoms with van der Waals surface area (Å²) in [7, 11) is 1.48. The summed E-state index contributed by atoms with van der Waals surface area (Å²) in [6.45, 7) is -0.0958. The quantitative estimate of drug-likeness (QED) is 0.563. The van der Waals surface area contributed by atoms with Crippen LogP contribution >= 0.6 is 0 Å². The van der Waals surface area contributed by atoms with Crippen molar-refractivity contribution in [3.63, 3.8) is 0 Å². The third-order valence-electron chi connectivity index (χ3n) is 1.61. The van der Waals surface area contributed by atoms with E-state index >= 15 is 0 Å². The summed E-state index contributed by atoms with van der Waals surface area (Å²) in [5.74, 6) is -0.518. The predicted molar refractivity (Wildman–Crippen MR) is 52.8 cm³/mol. The van der Waals surface area contributed by atoms with Crippen LogP contribution in [0.3, 0.4) is 0 Å². The van der Waals surface area contributed by atoms with E-state index in [9.17, 15) is 9.59 Å². The second kappa shape index (κ2) is 4.89. The number of nitrogens with one attached hydrogen (secondary N) is 2. The molecule has 1 aromatic rings. The van der Waals surface area contributed by atoms with Gasteiger partial charge in [-0.3, -0.25) is 9.59 Å². The van der Waals surface area contributed by atoms with Crippen molar-refractivity contribution in [3.05, 3.63) is 17.8 Å². The Morgan fingerprint density at radius 3 is 2.67 bits per heavy atom. The minimum Gasteiger partial charge on any atom is -0.382 e. The third-order valence-corrected chi connectivity index (χ3v) is 1.61. The average molecular weight is 209 g/mol. The molecule has 1 heterocycles. The Bertz CT molecular complexity index is 362. The standard InChI is InChI=1S/C8H11N5O2/c1-10-7(14)4-11-8(15)5-2-3-6(9)13-12-5/h2-3H,4H2,1H3,(H2,9,13)(H,10,14)(H,11,15). The Kier molecular flexibility index (Phi) is 3.55. The molecule has 0 aliphatic carbocycles. The fraction of sp³-hybridized carbons (Fsp3) is 0.250. The molecule has 0 aliphatic heterocycles. The molecule has 0 aromatic carbocycles. The number of amides is 2. The maximum Gasteiger partial charge on any atom is 0.272 e. The smallest absolute Gasteiger partial charge is 0.272 e. The number of hydrogen-bond donors (Lipinski definition) is 3. The largest absolute Gasteiger partial charge is 0.382 e. The molecule has 0 unspecified atom stereocenters. The second-order valence-electron chi connectivity index (χ2n) is 2.70. The van der Waals surface area contributed by atoms with Gasteiger partial charge in [-0.05, 0) is 12.1 Å². The van der Waals surface area contributed by atoms with E-state index in [-0.39, 0.29) is 24.0 Å². The first-order valence-corrected chi connectivity index (χ1v) is 4.21. The van der Waals surface area contributed by atoms with Crippen molar-refractivity contribution in [2.75, 3.05) is 19.3 Å². The van der Waals surface area contributed by atoms with Crippen LogP contribution in [0, 0.1) is 0 Å². The number of nitrogens with zero attached hydrogens (tertiary/aromatic N) is 2. The summed E-state index contributed by atoms with van der Waals surface area (Å²) in [4.78, 5) is 22.2. The number of hydrogen-bond acceptors (Lipinski definition) is 5. The molecular weight excluding hydrogens is 198 g/mol. The first kappa shape index (κ1) is 10.9. The van der Waals surface area contributed by atoms with Crippen LogP contribution in [0.15, 0.2) is 12.1 Å². The van der Waals surface area contributed by atoms with Crippen molar-refractivity contribution < 1.29 is 9.59 Å². The molecule has 1 rings (SSSR count). The molecule has 15 heavy (non-hydrogen) atoms. The first-order chi connectivity index (χ1) is 7.13. The number of nitrogen functional groups attached to an aromatic ring is 1. The normalized spacial score (nSPS) is 9.40. The topological polar surface area (TPSA) is 110 Å². The molecule has 0 radical (unpaired) electrons.